The Morgan fingerprint density at radius 2 is 1.85 bits per heavy atom. The Morgan fingerprint density at radius 3 is 2.23 bits per heavy atom. The van der Waals surface area contributed by atoms with Crippen LogP contribution in [0.2, 0.25) is 0 Å². The summed E-state index contributed by atoms with van der Waals surface area (Å²) in [7, 11) is 0. The fraction of sp³-hybridized carbons (Fsp3) is 0.667. The van der Waals surface area contributed by atoms with Crippen molar-refractivity contribution in [2.45, 2.75) is 40.7 Å². The summed E-state index contributed by atoms with van der Waals surface area (Å²) in [6.45, 7) is 10.6. The van der Waals surface area contributed by atoms with Crippen LogP contribution in [0, 0.1) is 10.8 Å². The fourth-order valence-electron chi connectivity index (χ4n) is 1.34. The van der Waals surface area contributed by atoms with Crippen molar-refractivity contribution in [1.29, 1.82) is 0 Å². The highest BCUT2D eigenvalue weighted by atomic mass is 16.3. The van der Waals surface area contributed by atoms with Crippen LogP contribution in [0.25, 0.3) is 0 Å². The van der Waals surface area contributed by atoms with Crippen molar-refractivity contribution in [2.75, 3.05) is 0 Å². The van der Waals surface area contributed by atoms with Gasteiger partial charge in [-0.3, -0.25) is 0 Å². The van der Waals surface area contributed by atoms with Crippen molar-refractivity contribution >= 4 is 0 Å². The molecule has 13 heavy (non-hydrogen) atoms. The Morgan fingerprint density at radius 1 is 1.31 bits per heavy atom. The lowest BCUT2D eigenvalue weighted by atomic mass is 9.75. The fourth-order valence-corrected chi connectivity index (χ4v) is 1.34. The van der Waals surface area contributed by atoms with E-state index in [2.05, 4.69) is 32.9 Å². The van der Waals surface area contributed by atoms with Crippen molar-refractivity contribution in [1.82, 2.24) is 0 Å². The first-order valence-electron chi connectivity index (χ1n) is 4.83. The number of allylic oxidation sites excluding steroid dienone is 2. The Hall–Kier alpha value is -0.560. The van der Waals surface area contributed by atoms with E-state index in [9.17, 15) is 5.11 Å². The van der Waals surface area contributed by atoms with Crippen molar-refractivity contribution in [3.63, 3.8) is 0 Å². The molecule has 0 saturated carbocycles. The average Bonchev–Trinajstić information content (AvgIpc) is 1.92. The van der Waals surface area contributed by atoms with Crippen LogP contribution in [0.1, 0.15) is 34.6 Å². The molecule has 0 amide bonds. The quantitative estimate of drug-likeness (QED) is 0.607. The van der Waals surface area contributed by atoms with Gasteiger partial charge in [-0.15, -0.1) is 0 Å². The van der Waals surface area contributed by atoms with E-state index in [1.165, 1.54) is 5.57 Å². The van der Waals surface area contributed by atoms with E-state index in [1.54, 1.807) is 0 Å². The third kappa shape index (κ3) is 2.22. The third-order valence-electron chi connectivity index (χ3n) is 2.66. The maximum Gasteiger partial charge on any atom is 0.0812 e. The van der Waals surface area contributed by atoms with Gasteiger partial charge in [0, 0.05) is 5.41 Å². The summed E-state index contributed by atoms with van der Waals surface area (Å²) < 4.78 is 0. The Kier molecular flexibility index (Phi) is 2.42. The summed E-state index contributed by atoms with van der Waals surface area (Å²) in [5.74, 6) is 0. The summed E-state index contributed by atoms with van der Waals surface area (Å²) in [5.41, 5.74) is 1.24. The SMILES string of the molecule is CC(C)(C)C1=CC(O)C(C)(C)C=C1. The van der Waals surface area contributed by atoms with Gasteiger partial charge < -0.3 is 5.11 Å². The third-order valence-corrected chi connectivity index (χ3v) is 2.66. The minimum absolute atomic E-state index is 0.116. The first kappa shape index (κ1) is 10.5. The highest BCUT2D eigenvalue weighted by Gasteiger charge is 2.29. The zero-order valence-electron chi connectivity index (χ0n) is 9.26. The van der Waals surface area contributed by atoms with Crippen LogP contribution in [-0.2, 0) is 0 Å². The van der Waals surface area contributed by atoms with Gasteiger partial charge >= 0.3 is 0 Å². The lowest BCUT2D eigenvalue weighted by Crippen LogP contribution is -2.29. The van der Waals surface area contributed by atoms with Gasteiger partial charge in [-0.2, -0.15) is 0 Å². The minimum atomic E-state index is -0.355. The Balaban J connectivity index is 2.93. The second kappa shape index (κ2) is 2.98. The summed E-state index contributed by atoms with van der Waals surface area (Å²) in [4.78, 5) is 0. The molecule has 1 heteroatoms. The maximum atomic E-state index is 9.84. The lowest BCUT2D eigenvalue weighted by Gasteiger charge is -2.32. The normalized spacial score (nSPS) is 27.2. The molecule has 1 atom stereocenters. The molecule has 0 heterocycles. The molecule has 1 aliphatic rings. The highest BCUT2D eigenvalue weighted by molar-refractivity contribution is 5.32. The smallest absolute Gasteiger partial charge is 0.0812 e. The maximum absolute atomic E-state index is 9.84. The molecule has 1 rings (SSSR count). The largest absolute Gasteiger partial charge is 0.388 e. The van der Waals surface area contributed by atoms with E-state index in [0.29, 0.717) is 0 Å². The molecule has 0 aromatic rings. The molecule has 0 saturated heterocycles. The summed E-state index contributed by atoms with van der Waals surface area (Å²) in [6, 6.07) is 0. The van der Waals surface area contributed by atoms with Gasteiger partial charge in [0.15, 0.2) is 0 Å². The predicted molar refractivity (Wildman–Crippen MR) is 56.5 cm³/mol. The van der Waals surface area contributed by atoms with Crippen LogP contribution < -0.4 is 0 Å². The molecule has 1 unspecified atom stereocenters. The lowest BCUT2D eigenvalue weighted by molar-refractivity contribution is 0.121. The van der Waals surface area contributed by atoms with Gasteiger partial charge in [0.2, 0.25) is 0 Å². The predicted octanol–water partition coefficient (Wildman–Crippen LogP) is 2.92. The van der Waals surface area contributed by atoms with Gasteiger partial charge in [-0.1, -0.05) is 52.8 Å². The van der Waals surface area contributed by atoms with Crippen molar-refractivity contribution in [3.05, 3.63) is 23.8 Å². The first-order chi connectivity index (χ1) is 5.73. The zero-order chi connectivity index (χ0) is 10.3. The zero-order valence-corrected chi connectivity index (χ0v) is 9.26. The molecule has 0 bridgehead atoms. The standard InChI is InChI=1S/C12H20O/c1-11(2,3)9-6-7-12(4,5)10(13)8-9/h6-8,10,13H,1-5H3. The molecule has 0 aromatic carbocycles. The number of hydrogen-bond donors (Lipinski definition) is 1. The van der Waals surface area contributed by atoms with Gasteiger partial charge in [-0.05, 0) is 11.0 Å². The molecule has 0 radical (unpaired) electrons. The van der Waals surface area contributed by atoms with Crippen molar-refractivity contribution in [2.24, 2.45) is 10.8 Å². The Bertz CT molecular complexity index is 251. The van der Waals surface area contributed by atoms with Crippen LogP contribution in [0.4, 0.5) is 0 Å². The van der Waals surface area contributed by atoms with Gasteiger partial charge in [-0.25, -0.2) is 0 Å². The molecule has 1 aliphatic carbocycles. The topological polar surface area (TPSA) is 20.2 Å². The molecular weight excluding hydrogens is 160 g/mol. The molecule has 74 valence electrons. The van der Waals surface area contributed by atoms with Gasteiger partial charge in [0.05, 0.1) is 6.10 Å². The molecule has 1 N–H and O–H groups in total. The first-order valence-corrected chi connectivity index (χ1v) is 4.83. The van der Waals surface area contributed by atoms with Crippen LogP contribution in [-0.4, -0.2) is 11.2 Å². The number of hydrogen-bond acceptors (Lipinski definition) is 1. The monoisotopic (exact) mass is 180 g/mol. The molecule has 0 aliphatic heterocycles. The number of aliphatic hydroxyl groups is 1. The summed E-state index contributed by atoms with van der Waals surface area (Å²) >= 11 is 0. The van der Waals surface area contributed by atoms with Crippen LogP contribution in [0.5, 0.6) is 0 Å². The van der Waals surface area contributed by atoms with Crippen LogP contribution in [0.15, 0.2) is 23.8 Å². The highest BCUT2D eigenvalue weighted by Crippen LogP contribution is 2.35. The molecule has 0 aromatic heterocycles. The van der Waals surface area contributed by atoms with Crippen LogP contribution >= 0.6 is 0 Å². The summed E-state index contributed by atoms with van der Waals surface area (Å²) in [5, 5.41) is 9.84. The second-order valence-electron chi connectivity index (χ2n) is 5.47. The van der Waals surface area contributed by atoms with E-state index < -0.39 is 0 Å². The molecular formula is C12H20O. The second-order valence-corrected chi connectivity index (χ2v) is 5.47. The van der Waals surface area contributed by atoms with E-state index in [4.69, 9.17) is 0 Å². The van der Waals surface area contributed by atoms with E-state index >= 15 is 0 Å². The number of aliphatic hydroxyl groups excluding tert-OH is 1. The number of rotatable bonds is 0. The average molecular weight is 180 g/mol. The van der Waals surface area contributed by atoms with Gasteiger partial charge in [0.25, 0.3) is 0 Å². The van der Waals surface area contributed by atoms with E-state index in [1.807, 2.05) is 19.9 Å². The minimum Gasteiger partial charge on any atom is -0.388 e. The Labute approximate surface area is 81.2 Å². The van der Waals surface area contributed by atoms with Gasteiger partial charge in [0.1, 0.15) is 0 Å². The van der Waals surface area contributed by atoms with E-state index in [-0.39, 0.29) is 16.9 Å². The molecule has 0 fully saturated rings. The molecule has 1 nitrogen and oxygen atoms in total. The summed E-state index contributed by atoms with van der Waals surface area (Å²) in [6.07, 6.45) is 5.84. The van der Waals surface area contributed by atoms with E-state index in [0.717, 1.165) is 0 Å². The van der Waals surface area contributed by atoms with Crippen molar-refractivity contribution < 1.29 is 5.11 Å². The van der Waals surface area contributed by atoms with Crippen molar-refractivity contribution in [3.8, 4) is 0 Å². The van der Waals surface area contributed by atoms with Crippen LogP contribution in [0.3, 0.4) is 0 Å². The molecule has 0 spiro atoms.